The Bertz CT molecular complexity index is 5480. The zero-order chi connectivity index (χ0) is 88.4. The van der Waals surface area contributed by atoms with Gasteiger partial charge in [0.1, 0.15) is 17.0 Å². The highest BCUT2D eigenvalue weighted by molar-refractivity contribution is 9.11. The summed E-state index contributed by atoms with van der Waals surface area (Å²) in [5.74, 6) is 2.54. The third-order valence-electron chi connectivity index (χ3n) is 17.4. The minimum Gasteiger partial charge on any atom is -0.465 e. The number of para-hydroxylation sites is 6. The Balaban J connectivity index is 0.000000471. The fourth-order valence-corrected chi connectivity index (χ4v) is 11.6. The minimum absolute atomic E-state index is 0. The van der Waals surface area contributed by atoms with Gasteiger partial charge in [0.2, 0.25) is 5.89 Å². The molecule has 630 valence electrons. The first kappa shape index (κ1) is 104. The smallest absolute Gasteiger partial charge is 0.465 e. The molecule has 11 rings (SSSR count). The molecule has 2 aliphatic heterocycles. The molecular formula is C107H115BBr2N7O5P. The van der Waals surface area contributed by atoms with Gasteiger partial charge in [-0.15, -0.1) is 19.7 Å². The molecule has 0 bridgehead atoms. The van der Waals surface area contributed by atoms with Gasteiger partial charge in [-0.3, -0.25) is 0 Å². The number of hydrogen-bond donors (Lipinski definition) is 6. The van der Waals surface area contributed by atoms with E-state index in [2.05, 4.69) is 173 Å². The van der Waals surface area contributed by atoms with Crippen molar-refractivity contribution in [2.45, 2.75) is 54.0 Å². The van der Waals surface area contributed by atoms with Crippen molar-refractivity contribution in [3.05, 3.63) is 502 Å². The van der Waals surface area contributed by atoms with E-state index >= 15 is 0 Å². The lowest BCUT2D eigenvalue weighted by atomic mass is 9.79. The van der Waals surface area contributed by atoms with E-state index in [1.165, 1.54) is 0 Å². The molecule has 2 aliphatic rings. The number of nitrogens with two attached hydrogens (primary N) is 2. The zero-order valence-corrected chi connectivity index (χ0v) is 74.8. The first-order valence-corrected chi connectivity index (χ1v) is 40.2. The molecule has 4 atom stereocenters. The van der Waals surface area contributed by atoms with Gasteiger partial charge in [0.25, 0.3) is 0 Å². The maximum absolute atomic E-state index is 8.99. The number of fused-ring (bicyclic) bond motifs is 4. The molecule has 12 nitrogen and oxygen atoms in total. The van der Waals surface area contributed by atoms with Gasteiger partial charge in [-0.2, -0.15) is 9.90 Å². The fourth-order valence-electron chi connectivity index (χ4n) is 11.0. The molecule has 8 aromatic carbocycles. The Hall–Kier alpha value is -13.5. The molecule has 8 N–H and O–H groups in total. The van der Waals surface area contributed by atoms with Gasteiger partial charge < -0.3 is 50.9 Å². The Kier molecular flexibility index (Phi) is 48.5. The molecule has 0 saturated heterocycles. The maximum Gasteiger partial charge on any atom is 0.488 e. The van der Waals surface area contributed by atoms with Crippen LogP contribution in [0.15, 0.2) is 472 Å². The van der Waals surface area contributed by atoms with Crippen LogP contribution in [0.2, 0.25) is 0 Å². The lowest BCUT2D eigenvalue weighted by Gasteiger charge is -2.23. The topological polar surface area (TPSA) is 169 Å². The van der Waals surface area contributed by atoms with Crippen molar-refractivity contribution in [1.82, 2.24) is 9.88 Å². The fraction of sp³-hybridized carbons (Fsp3) is 0.0841. The van der Waals surface area contributed by atoms with E-state index in [1.807, 2.05) is 270 Å². The van der Waals surface area contributed by atoms with Gasteiger partial charge in [-0.1, -0.05) is 318 Å². The van der Waals surface area contributed by atoms with E-state index in [4.69, 9.17) is 42.0 Å². The summed E-state index contributed by atoms with van der Waals surface area (Å²) in [6, 6.07) is 56.0. The number of nitrogen functional groups attached to an aromatic ring is 1. The van der Waals surface area contributed by atoms with Crippen LogP contribution in [-0.2, 0) is 0 Å². The second-order valence-corrected chi connectivity index (χ2v) is 27.8. The summed E-state index contributed by atoms with van der Waals surface area (Å²) in [7, 11) is -1.45. The van der Waals surface area contributed by atoms with E-state index in [9.17, 15) is 0 Å². The Morgan fingerprint density at radius 1 is 0.667 bits per heavy atom. The number of oxazole rings is 1. The van der Waals surface area contributed by atoms with E-state index in [1.54, 1.807) is 72.9 Å². The number of rotatable bonds is 29. The van der Waals surface area contributed by atoms with Crippen LogP contribution in [0, 0.1) is 12.5 Å². The largest absolute Gasteiger partial charge is 0.488 e. The van der Waals surface area contributed by atoms with Crippen molar-refractivity contribution >= 4 is 117 Å². The minimum atomic E-state index is -1.45. The van der Waals surface area contributed by atoms with Gasteiger partial charge in [0, 0.05) is 44.6 Å². The van der Waals surface area contributed by atoms with E-state index < -0.39 is 7.12 Å². The molecule has 9 aromatic rings. The highest BCUT2D eigenvalue weighted by Gasteiger charge is 2.23. The molecule has 3 heterocycles. The molecule has 0 radical (unpaired) electrons. The highest BCUT2D eigenvalue weighted by Crippen LogP contribution is 2.38. The maximum atomic E-state index is 8.99. The van der Waals surface area contributed by atoms with Gasteiger partial charge in [-0.25, -0.2) is 9.83 Å². The quantitative estimate of drug-likeness (QED) is 0.00659. The van der Waals surface area contributed by atoms with E-state index in [-0.39, 0.29) is 35.7 Å². The molecule has 0 fully saturated rings. The van der Waals surface area contributed by atoms with Crippen molar-refractivity contribution in [2.75, 3.05) is 16.4 Å². The van der Waals surface area contributed by atoms with Crippen molar-refractivity contribution in [3.8, 4) is 23.0 Å². The van der Waals surface area contributed by atoms with Crippen LogP contribution in [-0.4, -0.2) is 33.3 Å². The molecule has 1 aromatic heterocycles. The summed E-state index contributed by atoms with van der Waals surface area (Å²) in [6.07, 6.45) is 51.7. The predicted octanol–water partition coefficient (Wildman–Crippen LogP) is 28.6. The Morgan fingerprint density at radius 3 is 1.91 bits per heavy atom. The van der Waals surface area contributed by atoms with Crippen LogP contribution in [0.5, 0.6) is 11.5 Å². The molecule has 0 saturated carbocycles. The zero-order valence-electron chi connectivity index (χ0n) is 70.2. The summed E-state index contributed by atoms with van der Waals surface area (Å²) in [4.78, 5) is 11.6. The van der Waals surface area contributed by atoms with Crippen molar-refractivity contribution in [3.63, 3.8) is 0 Å². The second-order valence-electron chi connectivity index (χ2n) is 26.4. The average Bonchev–Trinajstić information content (AvgIpc) is 1.73. The lowest BCUT2D eigenvalue weighted by Crippen LogP contribution is -2.29. The SMILES string of the molecule is Brc1ccc(-c2nc3ccccc3o2)cc1.C.C=C/C=C(C=C)/C=C\C(=C)N.C=C/C=C\C=C\C.C=CC.C=CCC(C=C)/C=C\C(=C)C(=C)/C=C(/C)C(=C)/C=C(\C)N(/C=C/C=C(\C=C)c1ccc(C2Nc3ccccc3O2)cc1)/C(C=C)=C/C=C/C1Nc2ccccc2O1.C=Cc1cc(N)ccc1/C=C/Br.P.[C-]#[N+]c1ccc2cc(B(O)O)ccc2c1. The summed E-state index contributed by atoms with van der Waals surface area (Å²) in [5.41, 5.74) is 29.3. The molecule has 0 aliphatic carbocycles. The lowest BCUT2D eigenvalue weighted by molar-refractivity contribution is 0.260. The molecule has 0 spiro atoms. The Morgan fingerprint density at radius 2 is 1.33 bits per heavy atom. The molecule has 123 heavy (non-hydrogen) atoms. The molecule has 0 amide bonds. The molecule has 4 unspecified atom stereocenters. The van der Waals surface area contributed by atoms with Crippen molar-refractivity contribution in [1.29, 1.82) is 0 Å². The predicted molar refractivity (Wildman–Crippen MR) is 548 cm³/mol. The van der Waals surface area contributed by atoms with Crippen molar-refractivity contribution in [2.24, 2.45) is 11.7 Å². The average molecular weight is 1780 g/mol. The Labute approximate surface area is 751 Å². The van der Waals surface area contributed by atoms with Gasteiger partial charge in [-0.05, 0) is 233 Å². The summed E-state index contributed by atoms with van der Waals surface area (Å²) in [5, 5.41) is 26.6. The van der Waals surface area contributed by atoms with Gasteiger partial charge in [0.15, 0.2) is 23.7 Å². The number of ether oxygens (including phenoxy) is 2. The number of hydrogen-bond acceptors (Lipinski definition) is 11. The van der Waals surface area contributed by atoms with Crippen LogP contribution in [0.1, 0.15) is 70.0 Å². The number of allylic oxidation sites excluding steroid dienone is 30. The first-order valence-electron chi connectivity index (χ1n) is 38.5. The number of nitrogens with zero attached hydrogens (tertiary/aromatic N) is 3. The normalized spacial score (nSPS) is 13.3. The van der Waals surface area contributed by atoms with Crippen LogP contribution in [0.4, 0.5) is 22.7 Å². The summed E-state index contributed by atoms with van der Waals surface area (Å²) < 4.78 is 18.9. The van der Waals surface area contributed by atoms with Crippen LogP contribution < -0.4 is 37.0 Å². The standard InChI is InChI=1S/C52H53N3O2.C13H8BrNO.C11H8BNO2.C10H10BrN.C10H13N.C7H10.C3H6.CH4.H3P/c1-10-20-42(11-2)29-28-37(5)38(6)35-39(7)40(8)36-41(9)55(46(13-4)22-18-27-51-53-47-23-14-16-25-49(47)56-51)34-19-21-43(12-3)44-30-32-45(33-31-44)52-54-48-24-15-17-26-50(48)57-52;14-10-7-5-9(6-8-10)13-15-11-3-1-2-4-12(11)16-13;1-13-11-5-3-8-6-10(12(14)15)4-2-9(8)7-11;1-2-8-7-10(12)4-3-9(8)5-6-11;1-4-6-10(5-2)8-7-9(3)11;1-3-5-7-6-4-2;1-3-2;;/h10-19,21-36,42,51-54H,1-6,8,20H2,7,9H3;1-8H;2-7,14-15H;2-7H,1,12H2;4-8H,1-3,11H2;3-7H,1H2,2H3;3H,1H2,2H3;1H4;1H3/b27-18+,29-28-,34-19+,39-35-,41-36+,43-21+,46-22+;;;6-5+;8-7-,10-6+;6-4+,7-5-;;;. The summed E-state index contributed by atoms with van der Waals surface area (Å²) in [6.45, 7) is 65.0. The number of halogens is 2. The van der Waals surface area contributed by atoms with Crippen molar-refractivity contribution < 1.29 is 23.9 Å². The van der Waals surface area contributed by atoms with Crippen LogP contribution in [0.25, 0.3) is 55.9 Å². The summed E-state index contributed by atoms with van der Waals surface area (Å²) >= 11 is 6.62. The monoisotopic (exact) mass is 1780 g/mol. The van der Waals surface area contributed by atoms with E-state index in [0.717, 1.165) is 134 Å². The second kappa shape index (κ2) is 57.6. The third-order valence-corrected chi connectivity index (χ3v) is 18.1. The number of anilines is 3. The van der Waals surface area contributed by atoms with Crippen LogP contribution >= 0.6 is 41.8 Å². The highest BCUT2D eigenvalue weighted by atomic mass is 79.9. The number of benzene rings is 8. The molecular weight excluding hydrogens is 1660 g/mol. The van der Waals surface area contributed by atoms with Gasteiger partial charge in [0.05, 0.1) is 17.9 Å². The van der Waals surface area contributed by atoms with E-state index in [0.29, 0.717) is 22.7 Å². The van der Waals surface area contributed by atoms with Crippen LogP contribution in [0.3, 0.4) is 0 Å². The first-order chi connectivity index (χ1) is 58.5. The molecule has 16 heteroatoms. The number of nitrogens with one attached hydrogen (secondary N) is 2. The van der Waals surface area contributed by atoms with Gasteiger partial charge >= 0.3 is 7.12 Å². The third kappa shape index (κ3) is 35.7. The number of aromatic nitrogens is 1.